The molecule has 1 aliphatic rings. The zero-order valence-corrected chi connectivity index (χ0v) is 18.7. The molecule has 1 fully saturated rings. The van der Waals surface area contributed by atoms with E-state index in [9.17, 15) is 8.42 Å². The molecule has 3 N–H and O–H groups in total. The second kappa shape index (κ2) is 9.28. The van der Waals surface area contributed by atoms with E-state index in [-0.39, 0.29) is 10.9 Å². The van der Waals surface area contributed by atoms with Crippen molar-refractivity contribution in [3.05, 3.63) is 66.2 Å². The average Bonchev–Trinajstić information content (AvgIpc) is 2.78. The fourth-order valence-corrected chi connectivity index (χ4v) is 5.99. The molecule has 0 heterocycles. The first-order chi connectivity index (χ1) is 15.0. The van der Waals surface area contributed by atoms with E-state index in [2.05, 4.69) is 4.72 Å². The van der Waals surface area contributed by atoms with Crippen molar-refractivity contribution in [3.63, 3.8) is 0 Å². The maximum absolute atomic E-state index is 13.3. The predicted molar refractivity (Wildman–Crippen MR) is 125 cm³/mol. The highest BCUT2D eigenvalue weighted by atomic mass is 32.2. The van der Waals surface area contributed by atoms with Crippen LogP contribution in [0.2, 0.25) is 0 Å². The van der Waals surface area contributed by atoms with Crippen LogP contribution in [-0.2, 0) is 16.6 Å². The molecule has 0 radical (unpaired) electrons. The number of para-hydroxylation sites is 1. The summed E-state index contributed by atoms with van der Waals surface area (Å²) in [5, 5.41) is 1.43. The average molecular weight is 439 g/mol. The predicted octanol–water partition coefficient (Wildman–Crippen LogP) is 5.25. The molecule has 1 aliphatic carbocycles. The number of anilines is 1. The first-order valence-electron chi connectivity index (χ1n) is 11.0. The van der Waals surface area contributed by atoms with Gasteiger partial charge >= 0.3 is 0 Å². The molecule has 3 aromatic rings. The number of nitrogen functional groups attached to an aromatic ring is 1. The third-order valence-electron chi connectivity index (χ3n) is 6.27. The first-order valence-corrected chi connectivity index (χ1v) is 12.4. The summed E-state index contributed by atoms with van der Waals surface area (Å²) in [6.45, 7) is 2.30. The normalized spacial score (nSPS) is 16.3. The lowest BCUT2D eigenvalue weighted by Gasteiger charge is -2.28. The number of benzene rings is 3. The zero-order valence-electron chi connectivity index (χ0n) is 17.9. The summed E-state index contributed by atoms with van der Waals surface area (Å²) in [4.78, 5) is 0.289. The Morgan fingerprint density at radius 1 is 0.968 bits per heavy atom. The lowest BCUT2D eigenvalue weighted by Crippen LogP contribution is -2.38. The summed E-state index contributed by atoms with van der Waals surface area (Å²) in [7, 11) is -3.65. The van der Waals surface area contributed by atoms with Crippen molar-refractivity contribution < 1.29 is 13.2 Å². The van der Waals surface area contributed by atoms with Crippen LogP contribution in [0.4, 0.5) is 5.69 Å². The lowest BCUT2D eigenvalue weighted by atomic mass is 9.85. The molecule has 164 valence electrons. The molecular weight excluding hydrogens is 408 g/mol. The van der Waals surface area contributed by atoms with E-state index in [4.69, 9.17) is 10.5 Å². The van der Waals surface area contributed by atoms with Crippen LogP contribution in [0, 0.1) is 5.92 Å². The van der Waals surface area contributed by atoms with Crippen molar-refractivity contribution >= 4 is 26.5 Å². The first kappa shape index (κ1) is 21.7. The van der Waals surface area contributed by atoms with Gasteiger partial charge in [-0.15, -0.1) is 0 Å². The van der Waals surface area contributed by atoms with E-state index in [1.165, 1.54) is 19.3 Å². The lowest BCUT2D eigenvalue weighted by molar-refractivity contribution is 0.303. The smallest absolute Gasteiger partial charge is 0.241 e. The van der Waals surface area contributed by atoms with Crippen LogP contribution < -0.4 is 15.2 Å². The highest BCUT2D eigenvalue weighted by Gasteiger charge is 2.26. The molecule has 6 heteroatoms. The van der Waals surface area contributed by atoms with Crippen LogP contribution in [0.1, 0.15) is 44.6 Å². The third kappa shape index (κ3) is 4.86. The number of rotatable bonds is 7. The Labute approximate surface area is 184 Å². The summed E-state index contributed by atoms with van der Waals surface area (Å²) >= 11 is 0. The minimum absolute atomic E-state index is 0.0824. The van der Waals surface area contributed by atoms with Crippen molar-refractivity contribution in [2.75, 3.05) is 5.73 Å². The molecule has 0 saturated heterocycles. The number of sulfonamides is 1. The Kier molecular flexibility index (Phi) is 6.49. The minimum Gasteiger partial charge on any atom is -0.488 e. The molecule has 5 nitrogen and oxygen atoms in total. The number of nitrogens with two attached hydrogens (primary N) is 1. The molecule has 0 spiro atoms. The molecule has 3 aromatic carbocycles. The van der Waals surface area contributed by atoms with E-state index in [0.29, 0.717) is 29.3 Å². The summed E-state index contributed by atoms with van der Waals surface area (Å²) in [5.74, 6) is 1.03. The molecule has 1 atom stereocenters. The zero-order chi connectivity index (χ0) is 21.8. The van der Waals surface area contributed by atoms with E-state index in [1.807, 2.05) is 55.5 Å². The van der Waals surface area contributed by atoms with Gasteiger partial charge in [0.15, 0.2) is 0 Å². The number of nitrogens with one attached hydrogen (secondary N) is 1. The Morgan fingerprint density at radius 3 is 2.39 bits per heavy atom. The molecule has 0 bridgehead atoms. The molecule has 1 unspecified atom stereocenters. The Hall–Kier alpha value is -2.57. The summed E-state index contributed by atoms with van der Waals surface area (Å²) in [6, 6.07) is 18.3. The highest BCUT2D eigenvalue weighted by molar-refractivity contribution is 7.89. The van der Waals surface area contributed by atoms with Crippen LogP contribution in [0.3, 0.4) is 0 Å². The number of hydrogen-bond donors (Lipinski definition) is 2. The molecule has 0 amide bonds. The van der Waals surface area contributed by atoms with Crippen molar-refractivity contribution in [3.8, 4) is 5.75 Å². The summed E-state index contributed by atoms with van der Waals surface area (Å²) in [5.41, 5.74) is 7.59. The van der Waals surface area contributed by atoms with E-state index >= 15 is 0 Å². The van der Waals surface area contributed by atoms with Crippen molar-refractivity contribution in [2.24, 2.45) is 5.92 Å². The molecule has 0 aliphatic heterocycles. The highest BCUT2D eigenvalue weighted by Crippen LogP contribution is 2.33. The molecule has 31 heavy (non-hydrogen) atoms. The summed E-state index contributed by atoms with van der Waals surface area (Å²) in [6.07, 6.45) is 5.77. The second-order valence-corrected chi connectivity index (χ2v) is 10.1. The minimum atomic E-state index is -3.65. The van der Waals surface area contributed by atoms with Crippen molar-refractivity contribution in [1.29, 1.82) is 0 Å². The largest absolute Gasteiger partial charge is 0.488 e. The van der Waals surface area contributed by atoms with Gasteiger partial charge in [0.25, 0.3) is 0 Å². The quantitative estimate of drug-likeness (QED) is 0.494. The van der Waals surface area contributed by atoms with Crippen LogP contribution in [0.5, 0.6) is 5.75 Å². The van der Waals surface area contributed by atoms with Gasteiger partial charge in [-0.25, -0.2) is 13.1 Å². The van der Waals surface area contributed by atoms with E-state index in [0.717, 1.165) is 23.8 Å². The van der Waals surface area contributed by atoms with Gasteiger partial charge in [0.05, 0.1) is 4.90 Å². The molecule has 1 saturated carbocycles. The Bertz CT molecular complexity index is 1150. The van der Waals surface area contributed by atoms with E-state index < -0.39 is 10.0 Å². The van der Waals surface area contributed by atoms with Gasteiger partial charge in [0.1, 0.15) is 12.4 Å². The van der Waals surface area contributed by atoms with Gasteiger partial charge in [-0.2, -0.15) is 0 Å². The summed E-state index contributed by atoms with van der Waals surface area (Å²) < 4.78 is 35.5. The van der Waals surface area contributed by atoms with Crippen molar-refractivity contribution in [2.45, 2.75) is 56.6 Å². The fraction of sp³-hybridized carbons (Fsp3) is 0.360. The SMILES string of the molecule is CC(NS(=O)(=O)c1ccc(OCc2ccccc2N)c2ccccc12)C1CCCCC1. The van der Waals surface area contributed by atoms with Crippen LogP contribution in [0.25, 0.3) is 10.8 Å². The number of fused-ring (bicyclic) bond motifs is 1. The topological polar surface area (TPSA) is 81.4 Å². The van der Waals surface area contributed by atoms with Gasteiger partial charge in [0.2, 0.25) is 10.0 Å². The van der Waals surface area contributed by atoms with Gasteiger partial charge in [-0.3, -0.25) is 0 Å². The Balaban J connectivity index is 1.60. The maximum atomic E-state index is 13.3. The number of ether oxygens (including phenoxy) is 1. The van der Waals surface area contributed by atoms with Crippen LogP contribution in [-0.4, -0.2) is 14.5 Å². The maximum Gasteiger partial charge on any atom is 0.241 e. The molecule has 0 aromatic heterocycles. The van der Waals surface area contributed by atoms with Crippen LogP contribution >= 0.6 is 0 Å². The van der Waals surface area contributed by atoms with Gasteiger partial charge in [-0.1, -0.05) is 61.7 Å². The second-order valence-electron chi connectivity index (χ2n) is 8.40. The standard InChI is InChI=1S/C25H30N2O3S/c1-18(19-9-3-2-4-10-19)27-31(28,29)25-16-15-24(21-12-6-7-13-22(21)25)30-17-20-11-5-8-14-23(20)26/h5-8,11-16,18-19,27H,2-4,9-10,17,26H2,1H3. The molecule has 4 rings (SSSR count). The monoisotopic (exact) mass is 438 g/mol. The van der Waals surface area contributed by atoms with Gasteiger partial charge in [-0.05, 0) is 43.9 Å². The van der Waals surface area contributed by atoms with Crippen molar-refractivity contribution in [1.82, 2.24) is 4.72 Å². The van der Waals surface area contributed by atoms with Gasteiger partial charge in [0, 0.05) is 28.1 Å². The third-order valence-corrected chi connectivity index (χ3v) is 7.89. The Morgan fingerprint density at radius 2 is 1.65 bits per heavy atom. The fourth-order valence-electron chi connectivity index (χ4n) is 4.46. The van der Waals surface area contributed by atoms with Crippen LogP contribution in [0.15, 0.2) is 65.6 Å². The molecular formula is C25H30N2O3S. The number of hydrogen-bond acceptors (Lipinski definition) is 4. The van der Waals surface area contributed by atoms with Gasteiger partial charge < -0.3 is 10.5 Å². The van der Waals surface area contributed by atoms with E-state index in [1.54, 1.807) is 12.1 Å².